The van der Waals surface area contributed by atoms with Gasteiger partial charge in [0.15, 0.2) is 0 Å². The zero-order valence-electron chi connectivity index (χ0n) is 14.7. The highest BCUT2D eigenvalue weighted by Crippen LogP contribution is 2.43. The van der Waals surface area contributed by atoms with Crippen molar-refractivity contribution in [3.05, 3.63) is 78.7 Å². The molecule has 0 amide bonds. The van der Waals surface area contributed by atoms with E-state index in [2.05, 4.69) is 0 Å². The van der Waals surface area contributed by atoms with E-state index in [1.54, 1.807) is 0 Å². The predicted octanol–water partition coefficient (Wildman–Crippen LogP) is 5.38. The van der Waals surface area contributed by atoms with E-state index in [1.807, 2.05) is 0 Å². The Morgan fingerprint density at radius 2 is 1.21 bits per heavy atom. The zero-order valence-corrected chi connectivity index (χ0v) is 16.4. The summed E-state index contributed by atoms with van der Waals surface area (Å²) in [5.74, 6) is 0. The molecule has 7 nitrogen and oxygen atoms in total. The summed E-state index contributed by atoms with van der Waals surface area (Å²) in [4.78, 5) is 22.9. The lowest BCUT2D eigenvalue weighted by molar-refractivity contribution is -0.385. The highest BCUT2D eigenvalue weighted by atomic mass is 32.2. The number of thioether (sulfide) groups is 2. The average molecular weight is 427 g/mol. The first kappa shape index (κ1) is 21.6. The number of nitro benzene ring substituents is 2. The molecule has 0 spiro atoms. The second-order valence-corrected chi connectivity index (χ2v) is 8.00. The molecule has 0 unspecified atom stereocenters. The third-order valence-corrected chi connectivity index (χ3v) is 5.72. The summed E-state index contributed by atoms with van der Waals surface area (Å²) >= 11 is 2.09. The SMILES string of the molecule is CN(C)C(=C(Sc1ccc([N+](=O)[O-])cc1)Sc1ccc([N+](=O)[O-])cc1)C(F)F. The zero-order chi connectivity index (χ0) is 20.8. The van der Waals surface area contributed by atoms with Crippen molar-refractivity contribution in [2.45, 2.75) is 16.2 Å². The molecule has 2 aromatic carbocycles. The Bertz CT molecular complexity index is 817. The van der Waals surface area contributed by atoms with Crippen LogP contribution in [0.25, 0.3) is 0 Å². The Hall–Kier alpha value is -2.66. The van der Waals surface area contributed by atoms with Gasteiger partial charge in [-0.2, -0.15) is 0 Å². The van der Waals surface area contributed by atoms with Crippen LogP contribution in [0.5, 0.6) is 0 Å². The molecular formula is C17H15F2N3O4S2. The maximum Gasteiger partial charge on any atom is 0.279 e. The molecule has 0 bridgehead atoms. The van der Waals surface area contributed by atoms with Crippen LogP contribution in [0.1, 0.15) is 0 Å². The van der Waals surface area contributed by atoms with Gasteiger partial charge >= 0.3 is 0 Å². The van der Waals surface area contributed by atoms with E-state index in [-0.39, 0.29) is 21.3 Å². The maximum absolute atomic E-state index is 13.6. The quantitative estimate of drug-likeness (QED) is 0.317. The minimum atomic E-state index is -2.75. The fraction of sp³-hybridized carbons (Fsp3) is 0.176. The number of nitrogens with zero attached hydrogens (tertiary/aromatic N) is 3. The van der Waals surface area contributed by atoms with Gasteiger partial charge in [-0.1, -0.05) is 23.5 Å². The predicted molar refractivity (Wildman–Crippen MR) is 105 cm³/mol. The lowest BCUT2D eigenvalue weighted by atomic mass is 10.3. The Labute approximate surface area is 167 Å². The number of allylic oxidation sites excluding steroid dienone is 1. The van der Waals surface area contributed by atoms with Crippen LogP contribution in [0.3, 0.4) is 0 Å². The van der Waals surface area contributed by atoms with E-state index in [0.717, 1.165) is 23.5 Å². The van der Waals surface area contributed by atoms with Gasteiger partial charge in [-0.25, -0.2) is 8.78 Å². The van der Waals surface area contributed by atoms with Crippen LogP contribution in [0.4, 0.5) is 20.2 Å². The summed E-state index contributed by atoms with van der Waals surface area (Å²) < 4.78 is 27.5. The van der Waals surface area contributed by atoms with Gasteiger partial charge in [0, 0.05) is 48.2 Å². The fourth-order valence-corrected chi connectivity index (χ4v) is 4.55. The molecule has 0 N–H and O–H groups in total. The lowest BCUT2D eigenvalue weighted by Gasteiger charge is -2.21. The molecule has 0 saturated carbocycles. The van der Waals surface area contributed by atoms with E-state index >= 15 is 0 Å². The van der Waals surface area contributed by atoms with E-state index in [9.17, 15) is 29.0 Å². The molecule has 148 valence electrons. The topological polar surface area (TPSA) is 89.5 Å². The Morgan fingerprint density at radius 3 is 1.46 bits per heavy atom. The maximum atomic E-state index is 13.6. The summed E-state index contributed by atoms with van der Waals surface area (Å²) in [6.07, 6.45) is -2.75. The van der Waals surface area contributed by atoms with Crippen molar-refractivity contribution < 1.29 is 18.6 Å². The number of rotatable bonds is 8. The van der Waals surface area contributed by atoms with E-state index < -0.39 is 16.3 Å². The monoisotopic (exact) mass is 427 g/mol. The first-order valence-electron chi connectivity index (χ1n) is 7.73. The van der Waals surface area contributed by atoms with Crippen LogP contribution in [0.15, 0.2) is 68.3 Å². The fourth-order valence-electron chi connectivity index (χ4n) is 2.08. The number of halogens is 2. The number of non-ortho nitro benzene ring substituents is 2. The molecule has 0 aliphatic heterocycles. The van der Waals surface area contributed by atoms with Gasteiger partial charge < -0.3 is 4.90 Å². The first-order valence-corrected chi connectivity index (χ1v) is 9.36. The van der Waals surface area contributed by atoms with Crippen LogP contribution in [-0.2, 0) is 0 Å². The van der Waals surface area contributed by atoms with Crippen LogP contribution >= 0.6 is 23.5 Å². The number of alkyl halides is 2. The minimum absolute atomic E-state index is 0.0976. The number of hydrogen-bond acceptors (Lipinski definition) is 7. The Morgan fingerprint density at radius 1 is 0.857 bits per heavy atom. The Kier molecular flexibility index (Phi) is 7.35. The second-order valence-electron chi connectivity index (χ2n) is 5.57. The van der Waals surface area contributed by atoms with Gasteiger partial charge in [0.2, 0.25) is 0 Å². The van der Waals surface area contributed by atoms with Crippen LogP contribution < -0.4 is 0 Å². The molecule has 11 heteroatoms. The standard InChI is InChI=1S/C17H15F2N3O4S2/c1-20(2)15(16(18)19)17(27-13-7-3-11(4-8-13)21(23)24)28-14-9-5-12(6-10-14)22(25)26/h3-10,16H,1-2H3. The third kappa shape index (κ3) is 5.67. The average Bonchev–Trinajstić information content (AvgIpc) is 2.62. The van der Waals surface area contributed by atoms with Gasteiger partial charge in [0.05, 0.1) is 14.1 Å². The largest absolute Gasteiger partial charge is 0.375 e. The summed E-state index contributed by atoms with van der Waals surface area (Å²) in [7, 11) is 2.99. The molecule has 0 aliphatic carbocycles. The second kappa shape index (κ2) is 9.51. The van der Waals surface area contributed by atoms with Gasteiger partial charge in [-0.3, -0.25) is 20.2 Å². The highest BCUT2D eigenvalue weighted by Gasteiger charge is 2.22. The number of hydrogen-bond donors (Lipinski definition) is 0. The molecule has 0 radical (unpaired) electrons. The molecule has 0 atom stereocenters. The molecule has 0 heterocycles. The van der Waals surface area contributed by atoms with Crippen molar-refractivity contribution in [1.82, 2.24) is 4.90 Å². The molecule has 0 saturated heterocycles. The summed E-state index contributed by atoms with van der Waals surface area (Å²) in [5, 5.41) is 21.5. The normalized spacial score (nSPS) is 10.6. The van der Waals surface area contributed by atoms with Crippen molar-refractivity contribution in [2.75, 3.05) is 14.1 Å². The summed E-state index contributed by atoms with van der Waals surface area (Å²) in [6.45, 7) is 0. The number of benzene rings is 2. The smallest absolute Gasteiger partial charge is 0.279 e. The van der Waals surface area contributed by atoms with Gasteiger partial charge in [-0.05, 0) is 24.3 Å². The van der Waals surface area contributed by atoms with E-state index in [4.69, 9.17) is 0 Å². The van der Waals surface area contributed by atoms with Crippen molar-refractivity contribution in [3.63, 3.8) is 0 Å². The Balaban J connectivity index is 2.38. The summed E-state index contributed by atoms with van der Waals surface area (Å²) in [5.41, 5.74) is -0.411. The van der Waals surface area contributed by atoms with Crippen LogP contribution in [0.2, 0.25) is 0 Å². The molecule has 28 heavy (non-hydrogen) atoms. The molecular weight excluding hydrogens is 412 g/mol. The highest BCUT2D eigenvalue weighted by molar-refractivity contribution is 8.22. The number of nitro groups is 2. The third-order valence-electron chi connectivity index (χ3n) is 3.41. The van der Waals surface area contributed by atoms with E-state index in [1.165, 1.54) is 67.5 Å². The molecule has 0 fully saturated rings. The van der Waals surface area contributed by atoms with Gasteiger partial charge in [0.1, 0.15) is 5.70 Å². The lowest BCUT2D eigenvalue weighted by Crippen LogP contribution is -2.18. The first-order chi connectivity index (χ1) is 13.2. The van der Waals surface area contributed by atoms with Crippen molar-refractivity contribution in [2.24, 2.45) is 0 Å². The van der Waals surface area contributed by atoms with Gasteiger partial charge in [0.25, 0.3) is 17.8 Å². The molecule has 2 rings (SSSR count). The van der Waals surface area contributed by atoms with Gasteiger partial charge in [-0.15, -0.1) is 0 Å². The van der Waals surface area contributed by atoms with Crippen molar-refractivity contribution in [3.8, 4) is 0 Å². The van der Waals surface area contributed by atoms with E-state index in [0.29, 0.717) is 9.79 Å². The minimum Gasteiger partial charge on any atom is -0.375 e. The molecule has 0 aliphatic rings. The summed E-state index contributed by atoms with van der Waals surface area (Å²) in [6, 6.07) is 11.1. The van der Waals surface area contributed by atoms with Crippen LogP contribution in [0, 0.1) is 20.2 Å². The molecule has 2 aromatic rings. The van der Waals surface area contributed by atoms with Crippen molar-refractivity contribution >= 4 is 34.9 Å². The van der Waals surface area contributed by atoms with Crippen LogP contribution in [-0.4, -0.2) is 35.3 Å². The molecule has 0 aromatic heterocycles. The van der Waals surface area contributed by atoms with Crippen molar-refractivity contribution in [1.29, 1.82) is 0 Å².